The third kappa shape index (κ3) is 4.59. The number of rotatable bonds is 5. The Morgan fingerprint density at radius 3 is 2.71 bits per heavy atom. The highest BCUT2D eigenvalue weighted by molar-refractivity contribution is 7.92. The predicted molar refractivity (Wildman–Crippen MR) is 73.5 cm³/mol. The predicted octanol–water partition coefficient (Wildman–Crippen LogP) is 1.39. The number of hydrogen-bond acceptors (Lipinski definition) is 3. The minimum absolute atomic E-state index is 0.0389. The van der Waals surface area contributed by atoms with E-state index in [1.54, 1.807) is 24.3 Å². The quantitative estimate of drug-likeness (QED) is 0.833. The molecule has 1 rings (SSSR count). The van der Waals surface area contributed by atoms with Gasteiger partial charge in [0, 0.05) is 18.6 Å². The van der Waals surface area contributed by atoms with Crippen LogP contribution in [0.1, 0.15) is 5.56 Å². The lowest BCUT2D eigenvalue weighted by Crippen LogP contribution is -2.33. The average Bonchev–Trinajstić information content (AvgIpc) is 2.15. The van der Waals surface area contributed by atoms with Gasteiger partial charge in [-0.3, -0.25) is 0 Å². The number of sulfonamides is 1. The lowest BCUT2D eigenvalue weighted by atomic mass is 10.2. The first-order valence-electron chi connectivity index (χ1n) is 4.78. The van der Waals surface area contributed by atoms with E-state index in [9.17, 15) is 8.42 Å². The molecule has 4 nitrogen and oxygen atoms in total. The second kappa shape index (κ2) is 5.77. The number of benzene rings is 1. The lowest BCUT2D eigenvalue weighted by molar-refractivity contribution is 0.470. The van der Waals surface area contributed by atoms with Crippen molar-refractivity contribution >= 4 is 38.8 Å². The maximum atomic E-state index is 11.8. The van der Waals surface area contributed by atoms with E-state index in [1.165, 1.54) is 11.4 Å². The van der Waals surface area contributed by atoms with Crippen LogP contribution in [0.2, 0.25) is 5.02 Å². The molecule has 0 unspecified atom stereocenters. The highest BCUT2D eigenvalue weighted by Crippen LogP contribution is 2.13. The Hall–Kier alpha value is -0.690. The molecule has 0 spiro atoms. The van der Waals surface area contributed by atoms with Gasteiger partial charge in [0.1, 0.15) is 5.75 Å². The molecule has 0 radical (unpaired) electrons. The normalized spacial score (nSPS) is 11.7. The second-order valence-electron chi connectivity index (χ2n) is 3.61. The first-order valence-corrected chi connectivity index (χ1v) is 7.17. The zero-order valence-corrected chi connectivity index (χ0v) is 11.6. The van der Waals surface area contributed by atoms with E-state index in [0.29, 0.717) is 5.02 Å². The Morgan fingerprint density at radius 1 is 1.53 bits per heavy atom. The van der Waals surface area contributed by atoms with Gasteiger partial charge < -0.3 is 5.73 Å². The number of nitrogens with zero attached hydrogens (tertiary/aromatic N) is 1. The molecule has 0 atom stereocenters. The van der Waals surface area contributed by atoms with Crippen molar-refractivity contribution in [3.8, 4) is 0 Å². The summed E-state index contributed by atoms with van der Waals surface area (Å²) in [4.78, 5) is -0.0389. The molecule has 94 valence electrons. The van der Waals surface area contributed by atoms with Crippen molar-refractivity contribution in [3.63, 3.8) is 0 Å². The van der Waals surface area contributed by atoms with Crippen molar-refractivity contribution < 1.29 is 8.42 Å². The standard InChI is InChI=1S/C10H13ClN2O2S2/c1-13(17(14,15)7-10(12)16)6-8-3-2-4-9(11)5-8/h2-5H,6-7H2,1H3,(H2,12,16). The topological polar surface area (TPSA) is 63.4 Å². The summed E-state index contributed by atoms with van der Waals surface area (Å²) in [7, 11) is -1.97. The third-order valence-electron chi connectivity index (χ3n) is 2.09. The molecule has 0 saturated heterocycles. The number of nitrogens with two attached hydrogens (primary N) is 1. The van der Waals surface area contributed by atoms with Crippen molar-refractivity contribution in [2.45, 2.75) is 6.54 Å². The minimum Gasteiger partial charge on any atom is -0.392 e. The van der Waals surface area contributed by atoms with Crippen LogP contribution in [0.3, 0.4) is 0 Å². The van der Waals surface area contributed by atoms with Gasteiger partial charge in [-0.05, 0) is 17.7 Å². The maximum Gasteiger partial charge on any atom is 0.220 e. The molecule has 0 aliphatic rings. The van der Waals surface area contributed by atoms with Crippen LogP contribution < -0.4 is 5.73 Å². The van der Waals surface area contributed by atoms with Crippen LogP contribution in [0, 0.1) is 0 Å². The molecule has 1 aromatic carbocycles. The smallest absolute Gasteiger partial charge is 0.220 e. The molecule has 0 aliphatic carbocycles. The fraction of sp³-hybridized carbons (Fsp3) is 0.300. The highest BCUT2D eigenvalue weighted by Gasteiger charge is 2.19. The number of halogens is 1. The van der Waals surface area contributed by atoms with Crippen molar-refractivity contribution in [3.05, 3.63) is 34.9 Å². The van der Waals surface area contributed by atoms with E-state index in [1.807, 2.05) is 0 Å². The van der Waals surface area contributed by atoms with E-state index in [0.717, 1.165) is 5.56 Å². The average molecular weight is 293 g/mol. The van der Waals surface area contributed by atoms with Gasteiger partial charge in [0.2, 0.25) is 10.0 Å². The van der Waals surface area contributed by atoms with Crippen LogP contribution in [0.5, 0.6) is 0 Å². The van der Waals surface area contributed by atoms with Crippen molar-refractivity contribution in [1.29, 1.82) is 0 Å². The summed E-state index contributed by atoms with van der Waals surface area (Å²) in [5.41, 5.74) is 6.05. The Morgan fingerprint density at radius 2 is 2.18 bits per heavy atom. The number of hydrogen-bond donors (Lipinski definition) is 1. The molecule has 0 fully saturated rings. The molecule has 0 amide bonds. The van der Waals surface area contributed by atoms with Crippen molar-refractivity contribution in [1.82, 2.24) is 4.31 Å². The van der Waals surface area contributed by atoms with Crippen molar-refractivity contribution in [2.75, 3.05) is 12.8 Å². The molecule has 0 aliphatic heterocycles. The van der Waals surface area contributed by atoms with E-state index in [4.69, 9.17) is 17.3 Å². The molecule has 2 N–H and O–H groups in total. The van der Waals surface area contributed by atoms with Crippen molar-refractivity contribution in [2.24, 2.45) is 5.73 Å². The van der Waals surface area contributed by atoms with Gasteiger partial charge in [-0.2, -0.15) is 0 Å². The number of thiocarbonyl (C=S) groups is 1. The molecule has 1 aromatic rings. The third-order valence-corrected chi connectivity index (χ3v) is 4.41. The molecular formula is C10H13ClN2O2S2. The molecule has 7 heteroatoms. The summed E-state index contributed by atoms with van der Waals surface area (Å²) in [5.74, 6) is -0.320. The Labute approximate surface area is 111 Å². The molecule has 0 saturated carbocycles. The summed E-state index contributed by atoms with van der Waals surface area (Å²) in [6, 6.07) is 7.02. The van der Waals surface area contributed by atoms with E-state index in [2.05, 4.69) is 12.2 Å². The Balaban J connectivity index is 2.79. The summed E-state index contributed by atoms with van der Waals surface area (Å²) in [6.45, 7) is 0.242. The Kier molecular flexibility index (Phi) is 4.88. The summed E-state index contributed by atoms with van der Waals surface area (Å²) < 4.78 is 24.7. The maximum absolute atomic E-state index is 11.8. The van der Waals surface area contributed by atoms with Gasteiger partial charge in [0.15, 0.2) is 0 Å². The van der Waals surface area contributed by atoms with Gasteiger partial charge in [0.05, 0.1) is 4.99 Å². The first-order chi connectivity index (χ1) is 7.81. The summed E-state index contributed by atoms with van der Waals surface area (Å²) in [5, 5.41) is 0.572. The second-order valence-corrected chi connectivity index (χ2v) is 6.65. The Bertz CT molecular complexity index is 517. The van der Waals surface area contributed by atoms with Crippen LogP contribution in [-0.2, 0) is 16.6 Å². The van der Waals surface area contributed by atoms with Crippen LogP contribution in [0.15, 0.2) is 24.3 Å². The molecule has 17 heavy (non-hydrogen) atoms. The van der Waals surface area contributed by atoms with Gasteiger partial charge in [-0.1, -0.05) is 36.0 Å². The molecule has 0 heterocycles. The monoisotopic (exact) mass is 292 g/mol. The zero-order valence-electron chi connectivity index (χ0n) is 9.26. The van der Waals surface area contributed by atoms with Gasteiger partial charge >= 0.3 is 0 Å². The largest absolute Gasteiger partial charge is 0.392 e. The van der Waals surface area contributed by atoms with Crippen LogP contribution in [-0.4, -0.2) is 30.5 Å². The van der Waals surface area contributed by atoms with Gasteiger partial charge in [-0.25, -0.2) is 12.7 Å². The first kappa shape index (κ1) is 14.4. The van der Waals surface area contributed by atoms with Crippen LogP contribution in [0.4, 0.5) is 0 Å². The molecular weight excluding hydrogens is 280 g/mol. The van der Waals surface area contributed by atoms with E-state index >= 15 is 0 Å². The lowest BCUT2D eigenvalue weighted by Gasteiger charge is -2.16. The fourth-order valence-corrected chi connectivity index (χ4v) is 2.87. The molecule has 0 bridgehead atoms. The van der Waals surface area contributed by atoms with Crippen LogP contribution in [0.25, 0.3) is 0 Å². The minimum atomic E-state index is -3.45. The summed E-state index contributed by atoms with van der Waals surface area (Å²) >= 11 is 10.4. The van der Waals surface area contributed by atoms with Gasteiger partial charge in [-0.15, -0.1) is 0 Å². The highest BCUT2D eigenvalue weighted by atomic mass is 35.5. The van der Waals surface area contributed by atoms with Gasteiger partial charge in [0.25, 0.3) is 0 Å². The van der Waals surface area contributed by atoms with E-state index in [-0.39, 0.29) is 17.3 Å². The van der Waals surface area contributed by atoms with Crippen LogP contribution >= 0.6 is 23.8 Å². The van der Waals surface area contributed by atoms with E-state index < -0.39 is 10.0 Å². The SMILES string of the molecule is CN(Cc1cccc(Cl)c1)S(=O)(=O)CC(N)=S. The zero-order chi connectivity index (χ0) is 13.1. The fourth-order valence-electron chi connectivity index (χ4n) is 1.28. The summed E-state index contributed by atoms with van der Waals surface area (Å²) in [6.07, 6.45) is 0. The molecule has 0 aromatic heterocycles.